The number of halogens is 1. The van der Waals surface area contributed by atoms with E-state index in [2.05, 4.69) is 0 Å². The summed E-state index contributed by atoms with van der Waals surface area (Å²) in [7, 11) is -3.29. The highest BCUT2D eigenvalue weighted by Gasteiger charge is 2.34. The molecule has 2 aliphatic heterocycles. The van der Waals surface area contributed by atoms with E-state index < -0.39 is 10.2 Å². The maximum atomic E-state index is 12.6. The molecule has 2 aliphatic rings. The van der Waals surface area contributed by atoms with Crippen molar-refractivity contribution < 1.29 is 13.2 Å². The van der Waals surface area contributed by atoms with Crippen LogP contribution in [0.1, 0.15) is 32.6 Å². The topological polar surface area (TPSA) is 49.9 Å². The second-order valence-electron chi connectivity index (χ2n) is 5.56. The summed E-state index contributed by atoms with van der Waals surface area (Å²) < 4.78 is 34.0. The van der Waals surface area contributed by atoms with Crippen molar-refractivity contribution in [2.75, 3.05) is 38.7 Å². The smallest absolute Gasteiger partial charge is 0.281 e. The first kappa shape index (κ1) is 16.5. The molecular weight excluding hydrogens is 300 g/mol. The summed E-state index contributed by atoms with van der Waals surface area (Å²) in [6.45, 7) is 5.02. The van der Waals surface area contributed by atoms with E-state index >= 15 is 0 Å². The Morgan fingerprint density at radius 1 is 1.05 bits per heavy atom. The van der Waals surface area contributed by atoms with E-state index in [1.165, 1.54) is 0 Å². The predicted molar refractivity (Wildman–Crippen MR) is 80.2 cm³/mol. The third kappa shape index (κ3) is 3.85. The van der Waals surface area contributed by atoms with Crippen LogP contribution in [0.15, 0.2) is 0 Å². The zero-order valence-electron chi connectivity index (χ0n) is 12.1. The number of rotatable bonds is 5. The van der Waals surface area contributed by atoms with Gasteiger partial charge in [0.05, 0.1) is 6.10 Å². The molecule has 0 saturated carbocycles. The van der Waals surface area contributed by atoms with Crippen LogP contribution in [-0.2, 0) is 14.9 Å². The first-order valence-electron chi connectivity index (χ1n) is 7.50. The van der Waals surface area contributed by atoms with Crippen molar-refractivity contribution in [2.24, 2.45) is 5.92 Å². The number of hydrogen-bond donors (Lipinski definition) is 0. The van der Waals surface area contributed by atoms with Crippen LogP contribution in [0.25, 0.3) is 0 Å². The fraction of sp³-hybridized carbons (Fsp3) is 1.00. The van der Waals surface area contributed by atoms with Crippen LogP contribution in [0.5, 0.6) is 0 Å². The van der Waals surface area contributed by atoms with Gasteiger partial charge in [0, 0.05) is 38.7 Å². The fourth-order valence-corrected chi connectivity index (χ4v) is 4.90. The molecule has 7 heteroatoms. The van der Waals surface area contributed by atoms with Crippen LogP contribution in [0.3, 0.4) is 0 Å². The molecule has 2 heterocycles. The SMILES string of the molecule is CCOC1CCN(S(=O)(=O)N2CCC(CCl)CC2)CC1. The lowest BCUT2D eigenvalue weighted by Crippen LogP contribution is -2.50. The molecule has 118 valence electrons. The minimum absolute atomic E-state index is 0.216. The van der Waals surface area contributed by atoms with Crippen LogP contribution in [0.4, 0.5) is 0 Å². The average Bonchev–Trinajstić information content (AvgIpc) is 2.48. The third-order valence-corrected chi connectivity index (χ3v) is 6.72. The Hall–Kier alpha value is 0.120. The largest absolute Gasteiger partial charge is 0.378 e. The molecule has 0 amide bonds. The van der Waals surface area contributed by atoms with Gasteiger partial charge in [0.2, 0.25) is 0 Å². The molecular formula is C13H25ClN2O3S. The standard InChI is InChI=1S/C13H25ClN2O3S/c1-2-19-13-5-9-16(10-6-13)20(17,18)15-7-3-12(11-14)4-8-15/h12-13H,2-11H2,1H3. The van der Waals surface area contributed by atoms with E-state index in [0.29, 0.717) is 44.6 Å². The fourth-order valence-electron chi connectivity index (χ4n) is 2.92. The van der Waals surface area contributed by atoms with Crippen LogP contribution < -0.4 is 0 Å². The number of nitrogens with zero attached hydrogens (tertiary/aromatic N) is 2. The van der Waals surface area contributed by atoms with E-state index in [-0.39, 0.29) is 6.10 Å². The number of piperidine rings is 2. The first-order chi connectivity index (χ1) is 9.57. The van der Waals surface area contributed by atoms with E-state index in [0.717, 1.165) is 25.7 Å². The lowest BCUT2D eigenvalue weighted by molar-refractivity contribution is 0.0279. The molecule has 0 aromatic carbocycles. The van der Waals surface area contributed by atoms with E-state index in [4.69, 9.17) is 16.3 Å². The maximum absolute atomic E-state index is 12.6. The van der Waals surface area contributed by atoms with Gasteiger partial charge in [0.25, 0.3) is 10.2 Å². The molecule has 0 aromatic heterocycles. The molecule has 0 unspecified atom stereocenters. The van der Waals surface area contributed by atoms with Crippen molar-refractivity contribution in [1.29, 1.82) is 0 Å². The second kappa shape index (κ2) is 7.40. The third-order valence-electron chi connectivity index (χ3n) is 4.25. The molecule has 2 rings (SSSR count). The Morgan fingerprint density at radius 3 is 2.00 bits per heavy atom. The normalized spacial score (nSPS) is 25.1. The van der Waals surface area contributed by atoms with Crippen molar-refractivity contribution in [2.45, 2.75) is 38.7 Å². The molecule has 5 nitrogen and oxygen atoms in total. The molecule has 2 saturated heterocycles. The molecule has 0 aromatic rings. The van der Waals surface area contributed by atoms with E-state index in [1.54, 1.807) is 8.61 Å². The minimum atomic E-state index is -3.29. The van der Waals surface area contributed by atoms with Gasteiger partial charge in [-0.05, 0) is 38.5 Å². The molecule has 0 radical (unpaired) electrons. The predicted octanol–water partition coefficient (Wildman–Crippen LogP) is 1.68. The van der Waals surface area contributed by atoms with Gasteiger partial charge < -0.3 is 4.74 Å². The van der Waals surface area contributed by atoms with Crippen LogP contribution in [0, 0.1) is 5.92 Å². The van der Waals surface area contributed by atoms with Crippen molar-refractivity contribution in [1.82, 2.24) is 8.61 Å². The lowest BCUT2D eigenvalue weighted by Gasteiger charge is -2.37. The first-order valence-corrected chi connectivity index (χ1v) is 9.43. The summed E-state index contributed by atoms with van der Waals surface area (Å²) in [6.07, 6.45) is 3.56. The van der Waals surface area contributed by atoms with Crippen LogP contribution in [0.2, 0.25) is 0 Å². The van der Waals surface area contributed by atoms with Gasteiger partial charge in [0.15, 0.2) is 0 Å². The Morgan fingerprint density at radius 2 is 1.55 bits per heavy atom. The van der Waals surface area contributed by atoms with Crippen LogP contribution in [-0.4, -0.2) is 61.8 Å². The quantitative estimate of drug-likeness (QED) is 0.723. The average molecular weight is 325 g/mol. The van der Waals surface area contributed by atoms with Crippen molar-refractivity contribution in [3.8, 4) is 0 Å². The zero-order chi connectivity index (χ0) is 14.6. The highest BCUT2D eigenvalue weighted by Crippen LogP contribution is 2.24. The Balaban J connectivity index is 1.88. The van der Waals surface area contributed by atoms with Gasteiger partial charge in [-0.15, -0.1) is 11.6 Å². The van der Waals surface area contributed by atoms with E-state index in [9.17, 15) is 8.42 Å². The van der Waals surface area contributed by atoms with Gasteiger partial charge >= 0.3 is 0 Å². The summed E-state index contributed by atoms with van der Waals surface area (Å²) in [4.78, 5) is 0. The van der Waals surface area contributed by atoms with Gasteiger partial charge in [-0.25, -0.2) is 0 Å². The molecule has 2 fully saturated rings. The highest BCUT2D eigenvalue weighted by molar-refractivity contribution is 7.86. The molecule has 0 atom stereocenters. The van der Waals surface area contributed by atoms with Crippen molar-refractivity contribution >= 4 is 21.8 Å². The lowest BCUT2D eigenvalue weighted by atomic mass is 10.0. The van der Waals surface area contributed by atoms with Crippen molar-refractivity contribution in [3.63, 3.8) is 0 Å². The number of alkyl halides is 1. The number of hydrogen-bond acceptors (Lipinski definition) is 3. The summed E-state index contributed by atoms with van der Waals surface area (Å²) in [5.41, 5.74) is 0. The van der Waals surface area contributed by atoms with Gasteiger partial charge in [0.1, 0.15) is 0 Å². The molecule has 0 spiro atoms. The van der Waals surface area contributed by atoms with Crippen LogP contribution >= 0.6 is 11.6 Å². The van der Waals surface area contributed by atoms with Crippen molar-refractivity contribution in [3.05, 3.63) is 0 Å². The molecule has 20 heavy (non-hydrogen) atoms. The number of ether oxygens (including phenoxy) is 1. The Kier molecular flexibility index (Phi) is 6.10. The van der Waals surface area contributed by atoms with Gasteiger partial charge in [-0.3, -0.25) is 0 Å². The minimum Gasteiger partial charge on any atom is -0.378 e. The summed E-state index contributed by atoms with van der Waals surface area (Å²) in [5, 5.41) is 0. The molecule has 0 bridgehead atoms. The zero-order valence-corrected chi connectivity index (χ0v) is 13.7. The van der Waals surface area contributed by atoms with Gasteiger partial charge in [-0.1, -0.05) is 0 Å². The summed E-state index contributed by atoms with van der Waals surface area (Å²) in [6, 6.07) is 0. The Labute approximate surface area is 127 Å². The second-order valence-corrected chi connectivity index (χ2v) is 7.80. The summed E-state index contributed by atoms with van der Waals surface area (Å²) in [5.74, 6) is 1.10. The summed E-state index contributed by atoms with van der Waals surface area (Å²) >= 11 is 5.84. The maximum Gasteiger partial charge on any atom is 0.281 e. The molecule has 0 N–H and O–H groups in total. The monoisotopic (exact) mass is 324 g/mol. The Bertz CT molecular complexity index is 388. The van der Waals surface area contributed by atoms with E-state index in [1.807, 2.05) is 6.92 Å². The van der Waals surface area contributed by atoms with Gasteiger partial charge in [-0.2, -0.15) is 17.0 Å². The highest BCUT2D eigenvalue weighted by atomic mass is 35.5. The molecule has 0 aliphatic carbocycles.